The fourth-order valence-electron chi connectivity index (χ4n) is 1.71. The number of hydrogen-bond acceptors (Lipinski definition) is 7. The summed E-state index contributed by atoms with van der Waals surface area (Å²) >= 11 is 0. The van der Waals surface area contributed by atoms with E-state index in [4.69, 9.17) is 26.2 Å². The van der Waals surface area contributed by atoms with Crippen LogP contribution >= 0.6 is 0 Å². The van der Waals surface area contributed by atoms with Crippen LogP contribution in [0.25, 0.3) is 0 Å². The predicted octanol–water partition coefficient (Wildman–Crippen LogP) is -1.58. The Hall–Kier alpha value is 0.0944. The van der Waals surface area contributed by atoms with E-state index in [9.17, 15) is 4.79 Å². The molecule has 0 fully saturated rings. The molecular weight excluding hydrogens is 397 g/mol. The normalized spacial score (nSPS) is 12.8. The third-order valence-corrected chi connectivity index (χ3v) is 13.6. The van der Waals surface area contributed by atoms with E-state index >= 15 is 0 Å². The number of hydrogen-bond donors (Lipinski definition) is 0. The van der Waals surface area contributed by atoms with Crippen molar-refractivity contribution in [3.05, 3.63) is 12.7 Å². The molecular formula is C12H34O7Si5. The lowest BCUT2D eigenvalue weighted by Gasteiger charge is -2.23. The number of ether oxygens (including phenoxy) is 1. The van der Waals surface area contributed by atoms with Gasteiger partial charge in [0.2, 0.25) is 0 Å². The first-order chi connectivity index (χ1) is 11.4. The van der Waals surface area contributed by atoms with Crippen molar-refractivity contribution in [1.29, 1.82) is 0 Å². The molecule has 0 rings (SSSR count). The largest absolute Gasteiger partial charge is 0.499 e. The molecule has 0 aliphatic rings. The second-order valence-corrected chi connectivity index (χ2v) is 15.6. The lowest BCUT2D eigenvalue weighted by molar-refractivity contribution is -0.137. The Labute approximate surface area is 157 Å². The third-order valence-electron chi connectivity index (χ3n) is 3.33. The predicted molar refractivity (Wildman–Crippen MR) is 111 cm³/mol. The first kappa shape index (κ1) is 26.3. The Bertz CT molecular complexity index is 310. The van der Waals surface area contributed by atoms with E-state index < -0.39 is 17.8 Å². The minimum Gasteiger partial charge on any atom is -0.468 e. The van der Waals surface area contributed by atoms with Crippen LogP contribution in [0.1, 0.15) is 6.42 Å². The summed E-state index contributed by atoms with van der Waals surface area (Å²) < 4.78 is 31.1. The van der Waals surface area contributed by atoms with Gasteiger partial charge >= 0.3 is 14.8 Å². The van der Waals surface area contributed by atoms with Crippen molar-refractivity contribution < 1.29 is 31.0 Å². The first-order valence-electron chi connectivity index (χ1n) is 7.91. The summed E-state index contributed by atoms with van der Waals surface area (Å²) in [4.78, 5) is 10.6. The van der Waals surface area contributed by atoms with Crippen molar-refractivity contribution in [1.82, 2.24) is 0 Å². The van der Waals surface area contributed by atoms with Gasteiger partial charge in [0.15, 0.2) is 9.04 Å². The maximum absolute atomic E-state index is 10.6. The summed E-state index contributed by atoms with van der Waals surface area (Å²) in [6, 6.07) is 3.03. The Balaban J connectivity index is 0. The Morgan fingerprint density at radius 2 is 1.83 bits per heavy atom. The lowest BCUT2D eigenvalue weighted by Crippen LogP contribution is -2.42. The molecule has 144 valence electrons. The molecule has 0 aliphatic heterocycles. The molecule has 0 saturated heterocycles. The average molecular weight is 431 g/mol. The van der Waals surface area contributed by atoms with E-state index in [0.717, 1.165) is 45.5 Å². The van der Waals surface area contributed by atoms with Gasteiger partial charge in [0.1, 0.15) is 30.7 Å². The fourth-order valence-corrected chi connectivity index (χ4v) is 7.97. The molecule has 0 saturated carbocycles. The number of rotatable bonds is 13. The zero-order valence-electron chi connectivity index (χ0n) is 16.0. The maximum Gasteiger partial charge on any atom is 0.499 e. The minimum absolute atomic E-state index is 0.330. The van der Waals surface area contributed by atoms with Crippen molar-refractivity contribution in [3.8, 4) is 0 Å². The highest BCUT2D eigenvalue weighted by molar-refractivity contribution is 6.61. The van der Waals surface area contributed by atoms with E-state index in [-0.39, 0.29) is 15.7 Å². The lowest BCUT2D eigenvalue weighted by atomic mass is 10.5. The summed E-state index contributed by atoms with van der Waals surface area (Å²) in [5, 5.41) is 0. The summed E-state index contributed by atoms with van der Waals surface area (Å²) in [6.45, 7) is 5.95. The first-order valence-corrected chi connectivity index (χ1v) is 15.5. The number of carbonyl (C=O) groups excluding carboxylic acids is 1. The van der Waals surface area contributed by atoms with Gasteiger partial charge < -0.3 is 26.2 Å². The third kappa shape index (κ3) is 14.4. The molecule has 0 radical (unpaired) electrons. The van der Waals surface area contributed by atoms with E-state index in [2.05, 4.69) is 13.1 Å². The smallest absolute Gasteiger partial charge is 0.468 e. The second kappa shape index (κ2) is 17.9. The van der Waals surface area contributed by atoms with Gasteiger partial charge in [-0.25, -0.2) is 4.79 Å². The quantitative estimate of drug-likeness (QED) is 0.151. The molecule has 12 heteroatoms. The maximum atomic E-state index is 10.6. The van der Waals surface area contributed by atoms with E-state index in [1.165, 1.54) is 6.08 Å². The molecule has 0 spiro atoms. The van der Waals surface area contributed by atoms with Crippen LogP contribution in [-0.2, 0) is 31.0 Å². The molecule has 0 N–H and O–H groups in total. The summed E-state index contributed by atoms with van der Waals surface area (Å²) in [5.41, 5.74) is 0. The SMILES string of the molecule is C=CC(=O)OCCC[SiH](C)O[SiH3].CO[Si](CC[SiH2]O[SiH3])(OC)OC. The second-order valence-electron chi connectivity index (χ2n) is 4.95. The van der Waals surface area contributed by atoms with Crippen LogP contribution in [0.3, 0.4) is 0 Å². The van der Waals surface area contributed by atoms with E-state index in [1.807, 2.05) is 0 Å². The van der Waals surface area contributed by atoms with Crippen molar-refractivity contribution in [3.63, 3.8) is 0 Å². The molecule has 24 heavy (non-hydrogen) atoms. The Morgan fingerprint density at radius 1 is 1.25 bits per heavy atom. The highest BCUT2D eigenvalue weighted by atomic mass is 28.4. The minimum atomic E-state index is -2.28. The highest BCUT2D eigenvalue weighted by Gasteiger charge is 2.36. The van der Waals surface area contributed by atoms with Crippen molar-refractivity contribution in [2.24, 2.45) is 0 Å². The van der Waals surface area contributed by atoms with Crippen LogP contribution < -0.4 is 0 Å². The van der Waals surface area contributed by atoms with Gasteiger partial charge in [-0.1, -0.05) is 6.58 Å². The molecule has 0 amide bonds. The Kier molecular flexibility index (Phi) is 19.6. The van der Waals surface area contributed by atoms with Gasteiger partial charge in [0.25, 0.3) is 0 Å². The number of carbonyl (C=O) groups is 1. The van der Waals surface area contributed by atoms with Crippen LogP contribution in [0, 0.1) is 0 Å². The van der Waals surface area contributed by atoms with Crippen LogP contribution in [0.15, 0.2) is 12.7 Å². The fraction of sp³-hybridized carbons (Fsp3) is 0.750. The van der Waals surface area contributed by atoms with Gasteiger partial charge in [-0.15, -0.1) is 0 Å². The van der Waals surface area contributed by atoms with Crippen LogP contribution in [-0.4, -0.2) is 82.5 Å². The summed E-state index contributed by atoms with van der Waals surface area (Å²) in [5.74, 6) is -0.337. The topological polar surface area (TPSA) is 72.5 Å². The van der Waals surface area contributed by atoms with Gasteiger partial charge in [0.05, 0.1) is 6.61 Å². The van der Waals surface area contributed by atoms with Gasteiger partial charge in [-0.05, 0) is 25.1 Å². The molecule has 0 bridgehead atoms. The van der Waals surface area contributed by atoms with Gasteiger partial charge in [-0.2, -0.15) is 0 Å². The molecule has 1 atom stereocenters. The Morgan fingerprint density at radius 3 is 2.25 bits per heavy atom. The molecule has 0 heterocycles. The molecule has 0 aliphatic carbocycles. The summed E-state index contributed by atoms with van der Waals surface area (Å²) in [7, 11) is 3.08. The molecule has 0 aromatic rings. The van der Waals surface area contributed by atoms with Crippen LogP contribution in [0.4, 0.5) is 0 Å². The van der Waals surface area contributed by atoms with Crippen LogP contribution in [0.2, 0.25) is 24.7 Å². The van der Waals surface area contributed by atoms with E-state index in [1.54, 1.807) is 21.3 Å². The molecule has 0 aromatic heterocycles. The monoisotopic (exact) mass is 430 g/mol. The zero-order chi connectivity index (χ0) is 18.8. The average Bonchev–Trinajstić information content (AvgIpc) is 2.63. The zero-order valence-corrected chi connectivity index (χ0v) is 23.5. The van der Waals surface area contributed by atoms with Gasteiger partial charge in [0, 0.05) is 33.4 Å². The van der Waals surface area contributed by atoms with Crippen LogP contribution in [0.5, 0.6) is 0 Å². The van der Waals surface area contributed by atoms with Gasteiger partial charge in [-0.3, -0.25) is 0 Å². The molecule has 1 unspecified atom stereocenters. The standard InChI is InChI=1S/C7H16O3Si2.C5H18O4Si3/c1-3-7(8)9-5-4-6-12(2)10-11;1-6-12(7-2,8-3)5-4-11-9-10/h3,12H,1,4-6H2,2,11H3;4-5,11H2,1-3,10H3. The van der Waals surface area contributed by atoms with E-state index in [0.29, 0.717) is 6.61 Å². The highest BCUT2D eigenvalue weighted by Crippen LogP contribution is 2.14. The van der Waals surface area contributed by atoms with Crippen molar-refractivity contribution in [2.45, 2.75) is 31.1 Å². The summed E-state index contributed by atoms with van der Waals surface area (Å²) in [6.07, 6.45) is 2.10. The molecule has 0 aromatic carbocycles. The molecule has 7 nitrogen and oxygen atoms in total. The van der Waals surface area contributed by atoms with Crippen molar-refractivity contribution in [2.75, 3.05) is 27.9 Å². The van der Waals surface area contributed by atoms with Crippen molar-refractivity contribution >= 4 is 54.5 Å². The number of esters is 1.